The number of carbonyl (C=O) groups is 1. The summed E-state index contributed by atoms with van der Waals surface area (Å²) in [5.41, 5.74) is 5.36. The van der Waals surface area contributed by atoms with Crippen LogP contribution in [-0.2, 0) is 34.3 Å². The Labute approximate surface area is 232 Å². The zero-order valence-corrected chi connectivity index (χ0v) is 24.3. The largest absolute Gasteiger partial charge is 0.491 e. The monoisotopic (exact) mass is 539 g/mol. The number of aromatic nitrogens is 1. The van der Waals surface area contributed by atoms with Crippen molar-refractivity contribution in [1.29, 1.82) is 0 Å². The van der Waals surface area contributed by atoms with Crippen LogP contribution in [0.15, 0.2) is 29.1 Å². The molecule has 8 nitrogen and oxygen atoms in total. The van der Waals surface area contributed by atoms with E-state index in [-0.39, 0.29) is 29.3 Å². The van der Waals surface area contributed by atoms with Gasteiger partial charge in [0, 0.05) is 58.8 Å². The normalized spacial score (nSPS) is 19.2. The third-order valence-corrected chi connectivity index (χ3v) is 8.31. The average molecular weight is 540 g/mol. The Morgan fingerprint density at radius 2 is 1.77 bits per heavy atom. The van der Waals surface area contributed by atoms with Gasteiger partial charge < -0.3 is 29.0 Å². The molecule has 2 unspecified atom stereocenters. The second kappa shape index (κ2) is 13.6. The summed E-state index contributed by atoms with van der Waals surface area (Å²) in [5.74, 6) is 0.815. The fourth-order valence-electron chi connectivity index (χ4n) is 5.73. The lowest BCUT2D eigenvalue weighted by Crippen LogP contribution is -2.47. The Kier molecular flexibility index (Phi) is 10.2. The van der Waals surface area contributed by atoms with Gasteiger partial charge >= 0.3 is 0 Å². The molecule has 1 aromatic heterocycles. The maximum atomic E-state index is 14.2. The summed E-state index contributed by atoms with van der Waals surface area (Å²) in [4.78, 5) is 29.0. The van der Waals surface area contributed by atoms with Gasteiger partial charge in [-0.05, 0) is 92.8 Å². The molecule has 214 valence electrons. The second-order valence-electron chi connectivity index (χ2n) is 11.0. The minimum absolute atomic E-state index is 0.0110. The van der Waals surface area contributed by atoms with Crippen LogP contribution in [0.5, 0.6) is 5.75 Å². The van der Waals surface area contributed by atoms with Gasteiger partial charge in [-0.1, -0.05) is 6.07 Å². The van der Waals surface area contributed by atoms with Crippen LogP contribution in [0.1, 0.15) is 59.5 Å². The molecule has 0 bridgehead atoms. The summed E-state index contributed by atoms with van der Waals surface area (Å²) in [6.45, 7) is 7.79. The molecule has 2 atom stereocenters. The van der Waals surface area contributed by atoms with Crippen molar-refractivity contribution in [2.75, 3.05) is 47.1 Å². The van der Waals surface area contributed by atoms with Crippen molar-refractivity contribution in [3.05, 3.63) is 62.6 Å². The van der Waals surface area contributed by atoms with Gasteiger partial charge in [0.1, 0.15) is 12.4 Å². The SMILES string of the molecule is COCCCc1cc(CN(C(=O)C2CNCCC2c2cc(=O)n(C)c(C)c2C)C2CC2)cc(OCCOC)c1. The van der Waals surface area contributed by atoms with Gasteiger partial charge in [0.15, 0.2) is 0 Å². The van der Waals surface area contributed by atoms with Crippen molar-refractivity contribution in [3.63, 3.8) is 0 Å². The molecule has 2 heterocycles. The average Bonchev–Trinajstić information content (AvgIpc) is 3.78. The van der Waals surface area contributed by atoms with Crippen LogP contribution in [-0.4, -0.2) is 68.5 Å². The fraction of sp³-hybridized carbons (Fsp3) is 0.613. The van der Waals surface area contributed by atoms with E-state index in [0.717, 1.165) is 66.8 Å². The molecular weight excluding hydrogens is 494 g/mol. The highest BCUT2D eigenvalue weighted by Crippen LogP contribution is 2.37. The van der Waals surface area contributed by atoms with Crippen LogP contribution < -0.4 is 15.6 Å². The minimum atomic E-state index is -0.202. The maximum Gasteiger partial charge on any atom is 0.250 e. The number of hydrogen-bond donors (Lipinski definition) is 1. The van der Waals surface area contributed by atoms with Gasteiger partial charge in [-0.2, -0.15) is 0 Å². The Morgan fingerprint density at radius 3 is 2.49 bits per heavy atom. The number of nitrogens with zero attached hydrogens (tertiary/aromatic N) is 2. The molecule has 1 N–H and O–H groups in total. The topological polar surface area (TPSA) is 82.0 Å². The van der Waals surface area contributed by atoms with Crippen LogP contribution in [0.25, 0.3) is 0 Å². The molecule has 4 rings (SSSR count). The van der Waals surface area contributed by atoms with E-state index < -0.39 is 0 Å². The van der Waals surface area contributed by atoms with Crippen LogP contribution >= 0.6 is 0 Å². The number of piperidine rings is 1. The Balaban J connectivity index is 1.59. The van der Waals surface area contributed by atoms with Gasteiger partial charge in [-0.15, -0.1) is 0 Å². The van der Waals surface area contributed by atoms with E-state index >= 15 is 0 Å². The number of nitrogens with one attached hydrogen (secondary N) is 1. The van der Waals surface area contributed by atoms with E-state index in [2.05, 4.69) is 35.3 Å². The number of carbonyl (C=O) groups excluding carboxylic acids is 1. The first-order valence-corrected chi connectivity index (χ1v) is 14.3. The van der Waals surface area contributed by atoms with Crippen LogP contribution in [0.2, 0.25) is 0 Å². The number of methoxy groups -OCH3 is 2. The third kappa shape index (κ3) is 7.29. The highest BCUT2D eigenvalue weighted by molar-refractivity contribution is 5.81. The minimum Gasteiger partial charge on any atom is -0.491 e. The first-order valence-electron chi connectivity index (χ1n) is 14.3. The first-order chi connectivity index (χ1) is 18.8. The Hall–Kier alpha value is -2.68. The lowest BCUT2D eigenvalue weighted by atomic mass is 9.78. The van der Waals surface area contributed by atoms with Gasteiger partial charge in [-0.3, -0.25) is 9.59 Å². The number of aryl methyl sites for hydroxylation is 1. The molecule has 39 heavy (non-hydrogen) atoms. The summed E-state index contributed by atoms with van der Waals surface area (Å²) < 4.78 is 18.1. The van der Waals surface area contributed by atoms with Crippen molar-refractivity contribution < 1.29 is 19.0 Å². The zero-order valence-electron chi connectivity index (χ0n) is 24.3. The summed E-state index contributed by atoms with van der Waals surface area (Å²) in [7, 11) is 5.20. The molecule has 2 fully saturated rings. The van der Waals surface area contributed by atoms with E-state index in [4.69, 9.17) is 14.2 Å². The molecule has 2 aliphatic rings. The van der Waals surface area contributed by atoms with Gasteiger partial charge in [0.2, 0.25) is 5.91 Å². The first kappa shape index (κ1) is 29.3. The molecule has 1 aromatic carbocycles. The van der Waals surface area contributed by atoms with Crippen molar-refractivity contribution in [2.24, 2.45) is 13.0 Å². The number of pyridine rings is 1. The van der Waals surface area contributed by atoms with E-state index in [1.54, 1.807) is 24.9 Å². The van der Waals surface area contributed by atoms with E-state index in [1.165, 1.54) is 5.56 Å². The predicted octanol–water partition coefficient (Wildman–Crippen LogP) is 3.49. The van der Waals surface area contributed by atoms with Crippen molar-refractivity contribution in [1.82, 2.24) is 14.8 Å². The maximum absolute atomic E-state index is 14.2. The van der Waals surface area contributed by atoms with E-state index in [1.807, 2.05) is 14.0 Å². The Bertz CT molecular complexity index is 1160. The lowest BCUT2D eigenvalue weighted by molar-refractivity contribution is -0.138. The molecule has 8 heteroatoms. The number of hydrogen-bond acceptors (Lipinski definition) is 6. The van der Waals surface area contributed by atoms with Crippen molar-refractivity contribution in [2.45, 2.75) is 64.5 Å². The second-order valence-corrected chi connectivity index (χ2v) is 11.0. The molecule has 0 spiro atoms. The highest BCUT2D eigenvalue weighted by Gasteiger charge is 2.40. The lowest BCUT2D eigenvalue weighted by Gasteiger charge is -2.36. The van der Waals surface area contributed by atoms with Gasteiger partial charge in [0.05, 0.1) is 12.5 Å². The smallest absolute Gasteiger partial charge is 0.250 e. The van der Waals surface area contributed by atoms with E-state index in [9.17, 15) is 9.59 Å². The summed E-state index contributed by atoms with van der Waals surface area (Å²) in [5, 5.41) is 3.45. The summed E-state index contributed by atoms with van der Waals surface area (Å²) in [6.07, 6.45) is 4.72. The van der Waals surface area contributed by atoms with Crippen LogP contribution in [0.3, 0.4) is 0 Å². The molecule has 1 aliphatic carbocycles. The van der Waals surface area contributed by atoms with Crippen LogP contribution in [0.4, 0.5) is 0 Å². The highest BCUT2D eigenvalue weighted by atomic mass is 16.5. The van der Waals surface area contributed by atoms with E-state index in [0.29, 0.717) is 32.9 Å². The molecule has 1 saturated heterocycles. The van der Waals surface area contributed by atoms with Crippen LogP contribution in [0, 0.1) is 19.8 Å². The van der Waals surface area contributed by atoms with Gasteiger partial charge in [-0.25, -0.2) is 0 Å². The zero-order chi connectivity index (χ0) is 27.9. The Morgan fingerprint density at radius 1 is 1.03 bits per heavy atom. The van der Waals surface area contributed by atoms with Crippen molar-refractivity contribution in [3.8, 4) is 5.75 Å². The molecule has 1 aliphatic heterocycles. The molecule has 2 aromatic rings. The number of rotatable bonds is 13. The third-order valence-electron chi connectivity index (χ3n) is 8.31. The number of ether oxygens (including phenoxy) is 3. The standard InChI is InChI=1S/C31H45N3O5/c1-21-22(2)33(3)30(35)18-28(21)27-10-11-32-19-29(27)31(36)34(25-8-9-25)20-24-15-23(7-6-12-37-4)16-26(17-24)39-14-13-38-5/h15-18,25,27,29,32H,6-14,19-20H2,1-5H3. The quantitative estimate of drug-likeness (QED) is 0.393. The molecular formula is C31H45N3O5. The fourth-order valence-corrected chi connectivity index (χ4v) is 5.73. The molecule has 1 saturated carbocycles. The summed E-state index contributed by atoms with van der Waals surface area (Å²) >= 11 is 0. The van der Waals surface area contributed by atoms with Gasteiger partial charge in [0.25, 0.3) is 5.56 Å². The summed E-state index contributed by atoms with van der Waals surface area (Å²) in [6, 6.07) is 8.37. The van der Waals surface area contributed by atoms with Crippen molar-refractivity contribution >= 4 is 5.91 Å². The number of amides is 1. The predicted molar refractivity (Wildman–Crippen MR) is 152 cm³/mol. The molecule has 1 amide bonds. The number of benzene rings is 1. The molecule has 0 radical (unpaired) electrons.